The zero-order chi connectivity index (χ0) is 17.6. The van der Waals surface area contributed by atoms with Crippen molar-refractivity contribution < 1.29 is 14.7 Å². The quantitative estimate of drug-likeness (QED) is 0.763. The Bertz CT molecular complexity index is 848. The fourth-order valence-electron chi connectivity index (χ4n) is 3.94. The minimum absolute atomic E-state index is 0.149. The Labute approximate surface area is 144 Å². The molecule has 2 fully saturated rings. The third-order valence-electron chi connectivity index (χ3n) is 5.45. The number of nitrogens with one attached hydrogen (secondary N) is 1. The molecule has 2 amide bonds. The lowest BCUT2D eigenvalue weighted by Crippen LogP contribution is -2.62. The van der Waals surface area contributed by atoms with E-state index in [0.717, 1.165) is 17.5 Å². The number of pyridine rings is 1. The van der Waals surface area contributed by atoms with E-state index in [1.165, 1.54) is 0 Å². The van der Waals surface area contributed by atoms with Gasteiger partial charge < -0.3 is 15.3 Å². The molecule has 1 spiro atoms. The molecule has 2 N–H and O–H groups in total. The van der Waals surface area contributed by atoms with E-state index >= 15 is 0 Å². The van der Waals surface area contributed by atoms with Crippen LogP contribution < -0.4 is 5.32 Å². The molecule has 2 aliphatic heterocycles. The van der Waals surface area contributed by atoms with Crippen LogP contribution >= 0.6 is 0 Å². The third kappa shape index (κ3) is 2.48. The lowest BCUT2D eigenvalue weighted by molar-refractivity contribution is -0.147. The van der Waals surface area contributed by atoms with Crippen molar-refractivity contribution in [2.24, 2.45) is 12.5 Å². The first kappa shape index (κ1) is 16.0. The van der Waals surface area contributed by atoms with Crippen LogP contribution in [0.1, 0.15) is 29.6 Å². The maximum atomic E-state index is 13.0. The maximum Gasteiger partial charge on any atom is 0.255 e. The molecule has 0 unspecified atom stereocenters. The van der Waals surface area contributed by atoms with Gasteiger partial charge >= 0.3 is 0 Å². The van der Waals surface area contributed by atoms with E-state index in [1.807, 2.05) is 0 Å². The number of nitrogens with zero attached hydrogens (tertiary/aromatic N) is 4. The highest BCUT2D eigenvalue weighted by Crippen LogP contribution is 2.37. The van der Waals surface area contributed by atoms with E-state index in [2.05, 4.69) is 15.4 Å². The van der Waals surface area contributed by atoms with Gasteiger partial charge in [0.15, 0.2) is 0 Å². The lowest BCUT2D eigenvalue weighted by atomic mass is 9.71. The molecule has 2 aliphatic rings. The summed E-state index contributed by atoms with van der Waals surface area (Å²) in [4.78, 5) is 31.4. The van der Waals surface area contributed by atoms with Crippen LogP contribution in [-0.2, 0) is 11.8 Å². The first-order chi connectivity index (χ1) is 12.0. The normalized spacial score (nSPS) is 26.9. The Morgan fingerprint density at radius 3 is 3.08 bits per heavy atom. The number of fused-ring (bicyclic) bond motifs is 1. The molecule has 8 nitrogen and oxygen atoms in total. The zero-order valence-corrected chi connectivity index (χ0v) is 14.1. The molecule has 0 bridgehead atoms. The predicted octanol–water partition coefficient (Wildman–Crippen LogP) is 0.0715. The molecule has 0 aromatic carbocycles. The third-order valence-corrected chi connectivity index (χ3v) is 5.45. The van der Waals surface area contributed by atoms with Crippen molar-refractivity contribution in [2.45, 2.75) is 25.4 Å². The number of piperidine rings is 2. The van der Waals surface area contributed by atoms with Gasteiger partial charge in [0.05, 0.1) is 28.8 Å². The molecule has 2 aromatic heterocycles. The average Bonchev–Trinajstić information content (AvgIpc) is 2.99. The Kier molecular flexibility index (Phi) is 3.72. The van der Waals surface area contributed by atoms with Crippen molar-refractivity contribution in [3.8, 4) is 0 Å². The number of likely N-dealkylation sites (tertiary alicyclic amines) is 1. The van der Waals surface area contributed by atoms with E-state index in [-0.39, 0.29) is 18.4 Å². The van der Waals surface area contributed by atoms with Crippen LogP contribution in [0.2, 0.25) is 0 Å². The number of rotatable bonds is 1. The first-order valence-corrected chi connectivity index (χ1v) is 8.55. The van der Waals surface area contributed by atoms with E-state index in [4.69, 9.17) is 0 Å². The second-order valence-electron chi connectivity index (χ2n) is 6.94. The molecule has 0 aliphatic carbocycles. The van der Waals surface area contributed by atoms with E-state index in [0.29, 0.717) is 31.5 Å². The molecular weight excluding hydrogens is 322 g/mol. The Balaban J connectivity index is 1.63. The number of aromatic nitrogens is 3. The van der Waals surface area contributed by atoms with Crippen LogP contribution in [0.5, 0.6) is 0 Å². The summed E-state index contributed by atoms with van der Waals surface area (Å²) in [5, 5.41) is 17.4. The second-order valence-corrected chi connectivity index (χ2v) is 6.94. The molecule has 8 heteroatoms. The van der Waals surface area contributed by atoms with Gasteiger partial charge in [0.1, 0.15) is 5.52 Å². The summed E-state index contributed by atoms with van der Waals surface area (Å²) in [6.45, 7) is 1.29. The average molecular weight is 343 g/mol. The van der Waals surface area contributed by atoms with Crippen LogP contribution in [0, 0.1) is 5.41 Å². The number of hydrogen-bond acceptors (Lipinski definition) is 5. The van der Waals surface area contributed by atoms with Gasteiger partial charge in [0.25, 0.3) is 5.91 Å². The monoisotopic (exact) mass is 343 g/mol. The van der Waals surface area contributed by atoms with Gasteiger partial charge in [0.2, 0.25) is 5.91 Å². The number of carbonyl (C=O) groups excluding carboxylic acids is 2. The van der Waals surface area contributed by atoms with Crippen LogP contribution in [0.25, 0.3) is 11.0 Å². The van der Waals surface area contributed by atoms with Gasteiger partial charge in [0, 0.05) is 32.9 Å². The number of aliphatic hydroxyl groups excluding tert-OH is 1. The summed E-state index contributed by atoms with van der Waals surface area (Å²) >= 11 is 0. The molecule has 0 saturated carbocycles. The van der Waals surface area contributed by atoms with Crippen molar-refractivity contribution in [3.05, 3.63) is 24.0 Å². The number of hydrogen-bond donors (Lipinski definition) is 2. The highest BCUT2D eigenvalue weighted by molar-refractivity contribution is 5.97. The number of aryl methyl sites for hydroxylation is 1. The summed E-state index contributed by atoms with van der Waals surface area (Å²) in [6, 6.07) is 1.77. The lowest BCUT2D eigenvalue weighted by Gasteiger charge is -2.46. The molecule has 2 atom stereocenters. The Hall–Kier alpha value is -2.48. The largest absolute Gasteiger partial charge is 0.392 e. The van der Waals surface area contributed by atoms with E-state index < -0.39 is 11.5 Å². The molecule has 2 aromatic rings. The molecule has 0 radical (unpaired) electrons. The molecule has 25 heavy (non-hydrogen) atoms. The number of carbonyl (C=O) groups is 2. The topological polar surface area (TPSA) is 100 Å². The summed E-state index contributed by atoms with van der Waals surface area (Å²) < 4.78 is 1.68. The van der Waals surface area contributed by atoms with Crippen LogP contribution in [0.3, 0.4) is 0 Å². The zero-order valence-electron chi connectivity index (χ0n) is 14.1. The molecule has 2 saturated heterocycles. The highest BCUT2D eigenvalue weighted by atomic mass is 16.3. The Morgan fingerprint density at radius 2 is 2.28 bits per heavy atom. The predicted molar refractivity (Wildman–Crippen MR) is 89.7 cm³/mol. The second kappa shape index (κ2) is 5.80. The van der Waals surface area contributed by atoms with Crippen LogP contribution in [0.4, 0.5) is 0 Å². The summed E-state index contributed by atoms with van der Waals surface area (Å²) in [7, 11) is 1.80. The van der Waals surface area contributed by atoms with Gasteiger partial charge in [-0.05, 0) is 25.3 Å². The number of amides is 2. The standard InChI is InChI=1S/C17H21N5O3/c1-21-13-7-11(8-19-12(13)9-20-21)15(24)22-6-3-14(23)17(10-22)4-2-5-18-16(17)25/h7-9,14,23H,2-6,10H2,1H3,(H,18,25)/t14-,17-/m1/s1. The van der Waals surface area contributed by atoms with Gasteiger partial charge in [-0.25, -0.2) is 0 Å². The maximum absolute atomic E-state index is 13.0. The van der Waals surface area contributed by atoms with Crippen molar-refractivity contribution >= 4 is 22.8 Å². The van der Waals surface area contributed by atoms with Crippen molar-refractivity contribution in [3.63, 3.8) is 0 Å². The first-order valence-electron chi connectivity index (χ1n) is 8.55. The summed E-state index contributed by atoms with van der Waals surface area (Å²) in [5.74, 6) is -0.316. The fourth-order valence-corrected chi connectivity index (χ4v) is 3.94. The Morgan fingerprint density at radius 1 is 1.44 bits per heavy atom. The van der Waals surface area contributed by atoms with Crippen molar-refractivity contribution in [2.75, 3.05) is 19.6 Å². The van der Waals surface area contributed by atoms with Crippen molar-refractivity contribution in [1.29, 1.82) is 0 Å². The molecular formula is C17H21N5O3. The van der Waals surface area contributed by atoms with Gasteiger partial charge in [-0.3, -0.25) is 19.3 Å². The van der Waals surface area contributed by atoms with Gasteiger partial charge in [-0.15, -0.1) is 0 Å². The minimum Gasteiger partial charge on any atom is -0.392 e. The smallest absolute Gasteiger partial charge is 0.255 e. The highest BCUT2D eigenvalue weighted by Gasteiger charge is 2.50. The van der Waals surface area contributed by atoms with Crippen LogP contribution in [-0.4, -0.2) is 62.3 Å². The fraction of sp³-hybridized carbons (Fsp3) is 0.529. The van der Waals surface area contributed by atoms with Crippen LogP contribution in [0.15, 0.2) is 18.5 Å². The summed E-state index contributed by atoms with van der Waals surface area (Å²) in [5.41, 5.74) is 1.10. The van der Waals surface area contributed by atoms with E-state index in [1.54, 1.807) is 35.1 Å². The van der Waals surface area contributed by atoms with Gasteiger partial charge in [-0.2, -0.15) is 5.10 Å². The van der Waals surface area contributed by atoms with E-state index in [9.17, 15) is 14.7 Å². The SMILES string of the molecule is Cn1ncc2ncc(C(=O)N3CC[C@@H](O)[C@@]4(CCCNC4=O)C3)cc21. The molecule has 4 heterocycles. The summed E-state index contributed by atoms with van der Waals surface area (Å²) in [6.07, 6.45) is 4.30. The molecule has 132 valence electrons. The van der Waals surface area contributed by atoms with Gasteiger partial charge in [-0.1, -0.05) is 0 Å². The number of aliphatic hydroxyl groups is 1. The minimum atomic E-state index is -0.893. The van der Waals surface area contributed by atoms with Crippen molar-refractivity contribution in [1.82, 2.24) is 25.0 Å². The molecule has 4 rings (SSSR count).